The molecule has 7 nitrogen and oxygen atoms in total. The lowest BCUT2D eigenvalue weighted by atomic mass is 10.1. The van der Waals surface area contributed by atoms with Gasteiger partial charge in [-0.2, -0.15) is 0 Å². The molecule has 0 bridgehead atoms. The van der Waals surface area contributed by atoms with Crippen LogP contribution in [-0.2, 0) is 9.59 Å². The van der Waals surface area contributed by atoms with Crippen LogP contribution in [0.15, 0.2) is 33.5 Å². The van der Waals surface area contributed by atoms with Crippen molar-refractivity contribution in [2.75, 3.05) is 5.32 Å². The molecule has 0 fully saturated rings. The maximum atomic E-state index is 11.8. The van der Waals surface area contributed by atoms with Crippen LogP contribution >= 0.6 is 0 Å². The van der Waals surface area contributed by atoms with Crippen molar-refractivity contribution in [3.05, 3.63) is 40.2 Å². The molecule has 0 aliphatic heterocycles. The highest BCUT2D eigenvalue weighted by atomic mass is 16.4. The van der Waals surface area contributed by atoms with E-state index in [0.717, 1.165) is 10.9 Å². The molecule has 110 valence electrons. The molecule has 0 spiro atoms. The number of rotatable bonds is 4. The van der Waals surface area contributed by atoms with Crippen molar-refractivity contribution in [1.82, 2.24) is 0 Å². The molecule has 0 saturated heterocycles. The monoisotopic (exact) mass is 290 g/mol. The number of anilines is 1. The van der Waals surface area contributed by atoms with Crippen LogP contribution in [0.3, 0.4) is 0 Å². The van der Waals surface area contributed by atoms with Crippen LogP contribution in [0.2, 0.25) is 0 Å². The first-order valence-corrected chi connectivity index (χ1v) is 6.33. The van der Waals surface area contributed by atoms with Gasteiger partial charge in [0.05, 0.1) is 6.42 Å². The Morgan fingerprint density at radius 3 is 2.76 bits per heavy atom. The number of amides is 2. The van der Waals surface area contributed by atoms with E-state index in [-0.39, 0.29) is 6.42 Å². The summed E-state index contributed by atoms with van der Waals surface area (Å²) < 4.78 is 5.09. The van der Waals surface area contributed by atoms with E-state index in [0.29, 0.717) is 11.3 Å². The quantitative estimate of drug-likeness (QED) is 0.657. The van der Waals surface area contributed by atoms with Crippen LogP contribution in [-0.4, -0.2) is 17.9 Å². The molecule has 1 atom stereocenters. The third-order valence-electron chi connectivity index (χ3n) is 3.04. The van der Waals surface area contributed by atoms with Crippen LogP contribution in [0.4, 0.5) is 5.69 Å². The number of hydrogen-bond donors (Lipinski definition) is 3. The molecule has 0 aliphatic carbocycles. The molecule has 1 aromatic heterocycles. The van der Waals surface area contributed by atoms with Gasteiger partial charge in [0.2, 0.25) is 5.91 Å². The number of nitrogens with one attached hydrogen (secondary N) is 1. The van der Waals surface area contributed by atoms with E-state index in [2.05, 4.69) is 11.1 Å². The number of nitrogens with two attached hydrogens (primary N) is 1. The molecule has 2 aromatic rings. The summed E-state index contributed by atoms with van der Waals surface area (Å²) in [6.45, 7) is 1.80. The van der Waals surface area contributed by atoms with Crippen molar-refractivity contribution < 1.29 is 19.7 Å². The Hall–Kier alpha value is -2.67. The van der Waals surface area contributed by atoms with Crippen molar-refractivity contribution in [3.63, 3.8) is 0 Å². The highest BCUT2D eigenvalue weighted by Crippen LogP contribution is 2.20. The fraction of sp³-hybridized carbons (Fsp3) is 0.214. The van der Waals surface area contributed by atoms with Gasteiger partial charge in [0.25, 0.3) is 5.91 Å². The molecule has 6 N–H and O–H groups in total. The van der Waals surface area contributed by atoms with Gasteiger partial charge in [-0.3, -0.25) is 9.59 Å². The average molecular weight is 290 g/mol. The Bertz CT molecular complexity index is 766. The second-order valence-electron chi connectivity index (χ2n) is 4.82. The van der Waals surface area contributed by atoms with Crippen LogP contribution in [0.25, 0.3) is 11.0 Å². The molecule has 0 aliphatic rings. The van der Waals surface area contributed by atoms with E-state index in [1.165, 1.54) is 6.07 Å². The van der Waals surface area contributed by atoms with Crippen molar-refractivity contribution in [3.8, 4) is 0 Å². The number of primary amides is 1. The summed E-state index contributed by atoms with van der Waals surface area (Å²) in [4.78, 5) is 34.0. The van der Waals surface area contributed by atoms with Gasteiger partial charge >= 0.3 is 5.63 Å². The smallest absolute Gasteiger partial charge is 0.336 e. The highest BCUT2D eigenvalue weighted by Gasteiger charge is 2.20. The van der Waals surface area contributed by atoms with Crippen molar-refractivity contribution in [2.24, 2.45) is 5.73 Å². The lowest BCUT2D eigenvalue weighted by Gasteiger charge is -2.09. The third kappa shape index (κ3) is 3.46. The van der Waals surface area contributed by atoms with Gasteiger partial charge < -0.3 is 21.2 Å². The molecular weight excluding hydrogens is 274 g/mol. The lowest BCUT2D eigenvalue weighted by Crippen LogP contribution is -2.67. The summed E-state index contributed by atoms with van der Waals surface area (Å²) in [5, 5.41) is 3.39. The van der Waals surface area contributed by atoms with E-state index in [4.69, 9.17) is 10.2 Å². The Morgan fingerprint density at radius 2 is 2.10 bits per heavy atom. The summed E-state index contributed by atoms with van der Waals surface area (Å²) >= 11 is 0. The normalized spacial score (nSPS) is 12.1. The lowest BCUT2D eigenvalue weighted by molar-refractivity contribution is -0.401. The first-order valence-electron chi connectivity index (χ1n) is 6.33. The zero-order valence-corrected chi connectivity index (χ0v) is 11.5. The molecule has 1 heterocycles. The number of carbonyl (C=O) groups is 2. The Kier molecular flexibility index (Phi) is 4.04. The van der Waals surface area contributed by atoms with Gasteiger partial charge in [-0.1, -0.05) is 0 Å². The third-order valence-corrected chi connectivity index (χ3v) is 3.04. The molecule has 0 unspecified atom stereocenters. The average Bonchev–Trinajstić information content (AvgIpc) is 2.37. The molecule has 0 radical (unpaired) electrons. The Balaban J connectivity index is 2.25. The molecule has 7 heteroatoms. The van der Waals surface area contributed by atoms with Crippen molar-refractivity contribution in [2.45, 2.75) is 19.4 Å². The summed E-state index contributed by atoms with van der Waals surface area (Å²) in [6.07, 6.45) is -0.131. The predicted octanol–water partition coefficient (Wildman–Crippen LogP) is -0.474. The number of fused-ring (bicyclic) bond motifs is 1. The van der Waals surface area contributed by atoms with Crippen molar-refractivity contribution >= 4 is 28.5 Å². The maximum Gasteiger partial charge on any atom is 0.336 e. The molecular formula is C14H16N3O4+. The minimum absolute atomic E-state index is 0.131. The van der Waals surface area contributed by atoms with Crippen LogP contribution in [0.5, 0.6) is 0 Å². The minimum atomic E-state index is -0.775. The number of aryl methyl sites for hydroxylation is 1. The minimum Gasteiger partial charge on any atom is -0.423 e. The van der Waals surface area contributed by atoms with E-state index >= 15 is 0 Å². The molecule has 0 saturated carbocycles. The highest BCUT2D eigenvalue weighted by molar-refractivity contribution is 5.97. The number of carbonyl (C=O) groups excluding carboxylic acids is 2. The SMILES string of the molecule is Cc1cc(=O)oc2cc(NC(=O)[C@@H]([NH3+])CC(N)=O)ccc12. The Labute approximate surface area is 119 Å². The molecule has 1 aromatic carbocycles. The maximum absolute atomic E-state index is 11.8. The summed E-state index contributed by atoms with van der Waals surface area (Å²) in [5.41, 5.74) is 9.79. The van der Waals surface area contributed by atoms with E-state index in [1.54, 1.807) is 25.1 Å². The number of hydrogen-bond acceptors (Lipinski definition) is 4. The van der Waals surface area contributed by atoms with Gasteiger partial charge in [0.1, 0.15) is 5.58 Å². The van der Waals surface area contributed by atoms with Gasteiger partial charge in [-0.25, -0.2) is 4.79 Å². The molecule has 2 amide bonds. The van der Waals surface area contributed by atoms with Gasteiger partial charge in [0, 0.05) is 23.2 Å². The Morgan fingerprint density at radius 1 is 1.38 bits per heavy atom. The van der Waals surface area contributed by atoms with Crippen LogP contribution in [0.1, 0.15) is 12.0 Å². The van der Waals surface area contributed by atoms with Crippen LogP contribution < -0.4 is 22.4 Å². The first-order chi connectivity index (χ1) is 9.86. The summed E-state index contributed by atoms with van der Waals surface area (Å²) in [6, 6.07) is 5.61. The fourth-order valence-electron chi connectivity index (χ4n) is 1.98. The number of quaternary nitrogens is 1. The van der Waals surface area contributed by atoms with E-state index in [9.17, 15) is 14.4 Å². The van der Waals surface area contributed by atoms with Gasteiger partial charge in [-0.05, 0) is 24.6 Å². The van der Waals surface area contributed by atoms with Gasteiger partial charge in [0.15, 0.2) is 6.04 Å². The first kappa shape index (κ1) is 14.7. The standard InChI is InChI=1S/C14H15N3O4/c1-7-4-13(19)21-11-5-8(2-3-9(7)11)17-14(20)10(15)6-12(16)18/h2-5,10H,6,15H2,1H3,(H2,16,18)(H,17,20)/p+1/t10-/m0/s1. The van der Waals surface area contributed by atoms with E-state index in [1.807, 2.05) is 0 Å². The largest absolute Gasteiger partial charge is 0.423 e. The van der Waals surface area contributed by atoms with Crippen LogP contribution in [0, 0.1) is 6.92 Å². The van der Waals surface area contributed by atoms with E-state index < -0.39 is 23.5 Å². The molecule has 21 heavy (non-hydrogen) atoms. The second-order valence-corrected chi connectivity index (χ2v) is 4.82. The topological polar surface area (TPSA) is 130 Å². The summed E-state index contributed by atoms with van der Waals surface area (Å²) in [7, 11) is 0. The second kappa shape index (κ2) is 5.76. The molecule has 2 rings (SSSR count). The van der Waals surface area contributed by atoms with Gasteiger partial charge in [-0.15, -0.1) is 0 Å². The fourth-order valence-corrected chi connectivity index (χ4v) is 1.98. The summed E-state index contributed by atoms with van der Waals surface area (Å²) in [5.74, 6) is -1.02. The number of benzene rings is 1. The zero-order chi connectivity index (χ0) is 15.6. The zero-order valence-electron chi connectivity index (χ0n) is 11.5. The predicted molar refractivity (Wildman–Crippen MR) is 76.3 cm³/mol. The van der Waals surface area contributed by atoms with Crippen molar-refractivity contribution in [1.29, 1.82) is 0 Å².